The summed E-state index contributed by atoms with van der Waals surface area (Å²) in [4.78, 5) is 0. The molecule has 76 valence electrons. The molecule has 0 saturated carbocycles. The van der Waals surface area contributed by atoms with Crippen molar-refractivity contribution in [3.05, 3.63) is 28.6 Å². The van der Waals surface area contributed by atoms with Crippen LogP contribution in [0.3, 0.4) is 0 Å². The number of nitrogen functional groups attached to an aromatic ring is 1. The molecule has 1 aromatic rings. The van der Waals surface area contributed by atoms with Gasteiger partial charge in [0, 0.05) is 17.3 Å². The van der Waals surface area contributed by atoms with Crippen LogP contribution in [0.5, 0.6) is 0 Å². The van der Waals surface area contributed by atoms with E-state index in [0.717, 1.165) is 30.4 Å². The Morgan fingerprint density at radius 2 is 2.21 bits per heavy atom. The van der Waals surface area contributed by atoms with Gasteiger partial charge in [-0.15, -0.1) is 0 Å². The largest absolute Gasteiger partial charge is 0.398 e. The first-order chi connectivity index (χ1) is 6.61. The lowest BCUT2D eigenvalue weighted by Crippen LogP contribution is -2.19. The third kappa shape index (κ3) is 1.28. The molecular weight excluding hydrogens is 179 g/mol. The molecule has 0 unspecified atom stereocenters. The molecule has 0 radical (unpaired) electrons. The molecule has 2 nitrogen and oxygen atoms in total. The number of hydrogen-bond acceptors (Lipinski definition) is 2. The molecule has 0 saturated heterocycles. The Morgan fingerprint density at radius 3 is 2.93 bits per heavy atom. The summed E-state index contributed by atoms with van der Waals surface area (Å²) in [6, 6.07) is 1.79. The van der Waals surface area contributed by atoms with Gasteiger partial charge < -0.3 is 11.5 Å². The average Bonchev–Trinajstić information content (AvgIpc) is 2.17. The number of fused-ring (bicyclic) bond motifs is 1. The van der Waals surface area contributed by atoms with Crippen molar-refractivity contribution in [1.82, 2.24) is 0 Å². The summed E-state index contributed by atoms with van der Waals surface area (Å²) in [6.07, 6.45) is 2.68. The maximum Gasteiger partial charge on any atom is 0.131 e. The molecule has 3 heteroatoms. The molecule has 2 rings (SSSR count). The number of halogens is 1. The minimum atomic E-state index is -0.157. The Hall–Kier alpha value is -1.09. The van der Waals surface area contributed by atoms with Crippen LogP contribution in [0, 0.1) is 12.7 Å². The van der Waals surface area contributed by atoms with Crippen molar-refractivity contribution in [1.29, 1.82) is 0 Å². The van der Waals surface area contributed by atoms with E-state index >= 15 is 0 Å². The van der Waals surface area contributed by atoms with Gasteiger partial charge in [0.15, 0.2) is 0 Å². The number of benzene rings is 1. The standard InChI is InChI=1S/C11H15FN2/c1-6-10(14)5-8-7(11(6)12)3-2-4-9(8)13/h5,9H,2-4,13-14H2,1H3/t9-/m1/s1. The Balaban J connectivity index is 2.63. The molecule has 1 aromatic carbocycles. The van der Waals surface area contributed by atoms with E-state index in [-0.39, 0.29) is 11.9 Å². The van der Waals surface area contributed by atoms with Crippen LogP contribution in [0.15, 0.2) is 6.07 Å². The molecule has 4 N–H and O–H groups in total. The van der Waals surface area contributed by atoms with Gasteiger partial charge in [0.2, 0.25) is 0 Å². The summed E-state index contributed by atoms with van der Waals surface area (Å²) in [5, 5.41) is 0. The van der Waals surface area contributed by atoms with Crippen LogP contribution in [-0.2, 0) is 6.42 Å². The van der Waals surface area contributed by atoms with E-state index in [1.54, 1.807) is 6.92 Å². The maximum atomic E-state index is 13.8. The van der Waals surface area contributed by atoms with Crippen molar-refractivity contribution < 1.29 is 4.39 Å². The summed E-state index contributed by atoms with van der Waals surface area (Å²) in [7, 11) is 0. The van der Waals surface area contributed by atoms with Crippen LogP contribution in [0.2, 0.25) is 0 Å². The quantitative estimate of drug-likeness (QED) is 0.621. The fourth-order valence-electron chi connectivity index (χ4n) is 2.08. The topological polar surface area (TPSA) is 52.0 Å². The maximum absolute atomic E-state index is 13.8. The highest BCUT2D eigenvalue weighted by atomic mass is 19.1. The summed E-state index contributed by atoms with van der Waals surface area (Å²) in [5.41, 5.74) is 14.4. The average molecular weight is 194 g/mol. The molecule has 0 bridgehead atoms. The van der Waals surface area contributed by atoms with Crippen molar-refractivity contribution in [3.63, 3.8) is 0 Å². The van der Waals surface area contributed by atoms with Crippen molar-refractivity contribution in [2.75, 3.05) is 5.73 Å². The van der Waals surface area contributed by atoms with Gasteiger partial charge in [-0.25, -0.2) is 4.39 Å². The summed E-state index contributed by atoms with van der Waals surface area (Å²) in [5.74, 6) is -0.157. The Bertz CT molecular complexity index is 374. The van der Waals surface area contributed by atoms with Gasteiger partial charge in [0.05, 0.1) is 0 Å². The molecule has 0 aromatic heterocycles. The zero-order valence-corrected chi connectivity index (χ0v) is 8.31. The van der Waals surface area contributed by atoms with Gasteiger partial charge in [0.1, 0.15) is 5.82 Å². The highest BCUT2D eigenvalue weighted by molar-refractivity contribution is 5.54. The van der Waals surface area contributed by atoms with E-state index in [4.69, 9.17) is 11.5 Å². The van der Waals surface area contributed by atoms with Crippen LogP contribution in [-0.4, -0.2) is 0 Å². The molecule has 1 aliphatic carbocycles. The fraction of sp³-hybridized carbons (Fsp3) is 0.455. The molecule has 1 aliphatic rings. The van der Waals surface area contributed by atoms with E-state index in [1.165, 1.54) is 0 Å². The van der Waals surface area contributed by atoms with Crippen molar-refractivity contribution in [3.8, 4) is 0 Å². The minimum Gasteiger partial charge on any atom is -0.398 e. The predicted molar refractivity (Wildman–Crippen MR) is 55.4 cm³/mol. The molecule has 14 heavy (non-hydrogen) atoms. The first-order valence-corrected chi connectivity index (χ1v) is 4.94. The highest BCUT2D eigenvalue weighted by Gasteiger charge is 2.22. The van der Waals surface area contributed by atoms with Crippen LogP contribution in [0.4, 0.5) is 10.1 Å². The normalized spacial score (nSPS) is 20.6. The van der Waals surface area contributed by atoms with Crippen LogP contribution in [0.25, 0.3) is 0 Å². The lowest BCUT2D eigenvalue weighted by Gasteiger charge is -2.24. The molecule has 1 atom stereocenters. The van der Waals surface area contributed by atoms with Crippen molar-refractivity contribution in [2.24, 2.45) is 5.73 Å². The molecule has 0 amide bonds. The van der Waals surface area contributed by atoms with Gasteiger partial charge in [-0.3, -0.25) is 0 Å². The monoisotopic (exact) mass is 194 g/mol. The third-order valence-corrected chi connectivity index (χ3v) is 3.03. The van der Waals surface area contributed by atoms with E-state index < -0.39 is 0 Å². The van der Waals surface area contributed by atoms with Crippen LogP contribution in [0.1, 0.15) is 35.6 Å². The van der Waals surface area contributed by atoms with Gasteiger partial charge >= 0.3 is 0 Å². The second-order valence-electron chi connectivity index (χ2n) is 3.97. The van der Waals surface area contributed by atoms with Crippen molar-refractivity contribution in [2.45, 2.75) is 32.2 Å². The molecular formula is C11H15FN2. The number of hydrogen-bond donors (Lipinski definition) is 2. The second kappa shape index (κ2) is 3.24. The third-order valence-electron chi connectivity index (χ3n) is 3.03. The number of rotatable bonds is 0. The van der Waals surface area contributed by atoms with E-state index in [9.17, 15) is 4.39 Å². The lowest BCUT2D eigenvalue weighted by molar-refractivity contribution is 0.529. The smallest absolute Gasteiger partial charge is 0.131 e. The second-order valence-corrected chi connectivity index (χ2v) is 3.97. The lowest BCUT2D eigenvalue weighted by atomic mass is 9.86. The summed E-state index contributed by atoms with van der Waals surface area (Å²) < 4.78 is 13.8. The molecule has 0 fully saturated rings. The Labute approximate surface area is 83.1 Å². The summed E-state index contributed by atoms with van der Waals surface area (Å²) in [6.45, 7) is 1.71. The Kier molecular flexibility index (Phi) is 2.19. The molecule has 0 aliphatic heterocycles. The SMILES string of the molecule is Cc1c(N)cc2c(c1F)CCC[C@H]2N. The zero-order valence-electron chi connectivity index (χ0n) is 8.31. The van der Waals surface area contributed by atoms with Gasteiger partial charge in [0.25, 0.3) is 0 Å². The number of anilines is 1. The summed E-state index contributed by atoms with van der Waals surface area (Å²) >= 11 is 0. The predicted octanol–water partition coefficient (Wildman–Crippen LogP) is 2.05. The minimum absolute atomic E-state index is 0.0452. The van der Waals surface area contributed by atoms with Crippen molar-refractivity contribution >= 4 is 5.69 Å². The van der Waals surface area contributed by atoms with Gasteiger partial charge in [-0.1, -0.05) is 0 Å². The van der Waals surface area contributed by atoms with E-state index in [2.05, 4.69) is 0 Å². The highest BCUT2D eigenvalue weighted by Crippen LogP contribution is 2.33. The van der Waals surface area contributed by atoms with Gasteiger partial charge in [-0.05, 0) is 43.4 Å². The zero-order chi connectivity index (χ0) is 10.3. The van der Waals surface area contributed by atoms with Gasteiger partial charge in [-0.2, -0.15) is 0 Å². The van der Waals surface area contributed by atoms with Crippen LogP contribution >= 0.6 is 0 Å². The van der Waals surface area contributed by atoms with E-state index in [0.29, 0.717) is 11.3 Å². The molecule has 0 heterocycles. The first kappa shape index (κ1) is 9.46. The first-order valence-electron chi connectivity index (χ1n) is 4.94. The van der Waals surface area contributed by atoms with Crippen LogP contribution < -0.4 is 11.5 Å². The number of nitrogens with two attached hydrogens (primary N) is 2. The molecule has 0 spiro atoms. The Morgan fingerprint density at radius 1 is 1.50 bits per heavy atom. The fourth-order valence-corrected chi connectivity index (χ4v) is 2.08. The van der Waals surface area contributed by atoms with E-state index in [1.807, 2.05) is 6.07 Å².